The predicted molar refractivity (Wildman–Crippen MR) is 92.0 cm³/mol. The van der Waals surface area contributed by atoms with Crippen LogP contribution in [-0.2, 0) is 9.53 Å². The highest BCUT2D eigenvalue weighted by atomic mass is 16.6. The molecule has 0 radical (unpaired) electrons. The van der Waals surface area contributed by atoms with Crippen LogP contribution in [0.15, 0.2) is 53.1 Å². The number of ether oxygens (including phenoxy) is 1. The first-order chi connectivity index (χ1) is 12.0. The molecule has 3 aromatic rings. The van der Waals surface area contributed by atoms with Gasteiger partial charge in [-0.1, -0.05) is 47.6 Å². The van der Waals surface area contributed by atoms with Crippen molar-refractivity contribution < 1.29 is 18.8 Å². The molecule has 2 aromatic carbocycles. The molecule has 1 atom stereocenters. The molecule has 25 heavy (non-hydrogen) atoms. The Hall–Kier alpha value is -3.15. The number of carbonyl (C=O) groups excluding carboxylic acids is 2. The van der Waals surface area contributed by atoms with Crippen LogP contribution < -0.4 is 5.32 Å². The molecule has 0 fully saturated rings. The average molecular weight is 338 g/mol. The van der Waals surface area contributed by atoms with E-state index in [-0.39, 0.29) is 24.3 Å². The minimum atomic E-state index is -0.714. The van der Waals surface area contributed by atoms with Crippen molar-refractivity contribution in [2.75, 3.05) is 6.61 Å². The normalized spacial score (nSPS) is 11.9. The van der Waals surface area contributed by atoms with Crippen LogP contribution in [0.2, 0.25) is 0 Å². The van der Waals surface area contributed by atoms with Gasteiger partial charge in [-0.15, -0.1) is 0 Å². The summed E-state index contributed by atoms with van der Waals surface area (Å²) >= 11 is 0. The first kappa shape index (κ1) is 16.7. The Morgan fingerprint density at radius 2 is 1.96 bits per heavy atom. The van der Waals surface area contributed by atoms with E-state index in [0.29, 0.717) is 5.69 Å². The van der Waals surface area contributed by atoms with Crippen LogP contribution in [-0.4, -0.2) is 23.6 Å². The number of nitrogens with zero attached hydrogens (tertiary/aromatic N) is 1. The first-order valence-electron chi connectivity index (χ1n) is 7.92. The topological polar surface area (TPSA) is 81.4 Å². The number of carbonyl (C=O) groups is 2. The molecule has 0 bridgehead atoms. The summed E-state index contributed by atoms with van der Waals surface area (Å²) in [5, 5.41) is 8.62. The number of nitrogens with one attached hydrogen (secondary N) is 1. The summed E-state index contributed by atoms with van der Waals surface area (Å²) in [4.78, 5) is 23.8. The second-order valence-electron chi connectivity index (χ2n) is 5.77. The number of aromatic nitrogens is 1. The number of rotatable bonds is 5. The zero-order chi connectivity index (χ0) is 17.8. The number of benzene rings is 2. The van der Waals surface area contributed by atoms with E-state index in [4.69, 9.17) is 9.26 Å². The van der Waals surface area contributed by atoms with Gasteiger partial charge in [0.15, 0.2) is 6.61 Å². The van der Waals surface area contributed by atoms with Gasteiger partial charge in [-0.2, -0.15) is 0 Å². The van der Waals surface area contributed by atoms with Gasteiger partial charge in [0.2, 0.25) is 5.76 Å². The van der Waals surface area contributed by atoms with E-state index in [2.05, 4.69) is 10.5 Å². The summed E-state index contributed by atoms with van der Waals surface area (Å²) in [7, 11) is 0. The monoisotopic (exact) mass is 338 g/mol. The highest BCUT2D eigenvalue weighted by molar-refractivity contribution is 5.89. The fraction of sp³-hybridized carbons (Fsp3) is 0.211. The zero-order valence-electron chi connectivity index (χ0n) is 14.0. The van der Waals surface area contributed by atoms with Gasteiger partial charge in [0.1, 0.15) is 0 Å². The standard InChI is InChI=1S/C19H18N2O4/c1-12-10-17(25-21-12)19(23)24-11-18(22)20-13(2)15-9-5-7-14-6-3-4-8-16(14)15/h3-10,13H,11H2,1-2H3,(H,20,22)/t13-/m0/s1. The Morgan fingerprint density at radius 1 is 1.20 bits per heavy atom. The molecule has 0 aliphatic rings. The number of hydrogen-bond acceptors (Lipinski definition) is 5. The lowest BCUT2D eigenvalue weighted by Crippen LogP contribution is -2.31. The molecule has 128 valence electrons. The smallest absolute Gasteiger partial charge is 0.377 e. The molecule has 1 N–H and O–H groups in total. The quantitative estimate of drug-likeness (QED) is 0.723. The van der Waals surface area contributed by atoms with Crippen LogP contribution in [0.4, 0.5) is 0 Å². The second-order valence-corrected chi connectivity index (χ2v) is 5.77. The number of hydrogen-bond donors (Lipinski definition) is 1. The number of aryl methyl sites for hydroxylation is 1. The summed E-state index contributed by atoms with van der Waals surface area (Å²) < 4.78 is 9.74. The fourth-order valence-corrected chi connectivity index (χ4v) is 2.65. The minimum Gasteiger partial charge on any atom is -0.450 e. The SMILES string of the molecule is Cc1cc(C(=O)OCC(=O)N[C@@H](C)c2cccc3ccccc23)on1. The lowest BCUT2D eigenvalue weighted by Gasteiger charge is -2.16. The van der Waals surface area contributed by atoms with E-state index in [0.717, 1.165) is 16.3 Å². The van der Waals surface area contributed by atoms with E-state index in [1.807, 2.05) is 49.4 Å². The van der Waals surface area contributed by atoms with Crippen LogP contribution in [0.25, 0.3) is 10.8 Å². The van der Waals surface area contributed by atoms with Gasteiger partial charge < -0.3 is 14.6 Å². The zero-order valence-corrected chi connectivity index (χ0v) is 14.0. The molecule has 6 heteroatoms. The lowest BCUT2D eigenvalue weighted by atomic mass is 10.00. The fourth-order valence-electron chi connectivity index (χ4n) is 2.65. The number of fused-ring (bicyclic) bond motifs is 1. The molecule has 3 rings (SSSR count). The van der Waals surface area contributed by atoms with E-state index in [1.54, 1.807) is 6.92 Å². The molecule has 6 nitrogen and oxygen atoms in total. The third-order valence-corrected chi connectivity index (χ3v) is 3.83. The summed E-state index contributed by atoms with van der Waals surface area (Å²) in [6.45, 7) is 3.20. The maximum Gasteiger partial charge on any atom is 0.377 e. The second kappa shape index (κ2) is 7.17. The molecule has 0 saturated heterocycles. The Balaban J connectivity index is 1.61. The largest absolute Gasteiger partial charge is 0.450 e. The van der Waals surface area contributed by atoms with Crippen molar-refractivity contribution in [2.45, 2.75) is 19.9 Å². The van der Waals surface area contributed by atoms with Gasteiger partial charge in [0, 0.05) is 6.07 Å². The van der Waals surface area contributed by atoms with Crippen molar-refractivity contribution in [3.63, 3.8) is 0 Å². The molecular weight excluding hydrogens is 320 g/mol. The molecule has 0 aliphatic carbocycles. The van der Waals surface area contributed by atoms with E-state index >= 15 is 0 Å². The summed E-state index contributed by atoms with van der Waals surface area (Å²) in [5.41, 5.74) is 1.57. The van der Waals surface area contributed by atoms with Crippen LogP contribution in [0.1, 0.15) is 34.8 Å². The van der Waals surface area contributed by atoms with Crippen molar-refractivity contribution >= 4 is 22.6 Å². The molecule has 1 aromatic heterocycles. The number of amides is 1. The predicted octanol–water partition coefficient (Wildman–Crippen LogP) is 3.17. The van der Waals surface area contributed by atoms with Gasteiger partial charge in [-0.05, 0) is 30.2 Å². The van der Waals surface area contributed by atoms with E-state index in [1.165, 1.54) is 6.07 Å². The minimum absolute atomic E-state index is 0.0209. The van der Waals surface area contributed by atoms with Gasteiger partial charge in [0.05, 0.1) is 11.7 Å². The summed E-state index contributed by atoms with van der Waals surface area (Å²) in [5.74, 6) is -1.12. The summed E-state index contributed by atoms with van der Waals surface area (Å²) in [6.07, 6.45) is 0. The van der Waals surface area contributed by atoms with Gasteiger partial charge >= 0.3 is 5.97 Å². The van der Waals surface area contributed by atoms with Gasteiger partial charge in [0.25, 0.3) is 5.91 Å². The Kier molecular flexibility index (Phi) is 4.79. The van der Waals surface area contributed by atoms with Crippen molar-refractivity contribution in [2.24, 2.45) is 0 Å². The van der Waals surface area contributed by atoms with Crippen LogP contribution in [0, 0.1) is 6.92 Å². The molecule has 1 amide bonds. The molecule has 0 spiro atoms. The Morgan fingerprint density at radius 3 is 2.72 bits per heavy atom. The van der Waals surface area contributed by atoms with Gasteiger partial charge in [-0.3, -0.25) is 4.79 Å². The molecular formula is C19H18N2O4. The van der Waals surface area contributed by atoms with E-state index < -0.39 is 5.97 Å². The molecule has 0 saturated carbocycles. The summed E-state index contributed by atoms with van der Waals surface area (Å²) in [6, 6.07) is 15.1. The van der Waals surface area contributed by atoms with Crippen molar-refractivity contribution in [3.8, 4) is 0 Å². The maximum absolute atomic E-state index is 12.1. The maximum atomic E-state index is 12.1. The molecule has 0 aliphatic heterocycles. The average Bonchev–Trinajstić information content (AvgIpc) is 3.05. The number of esters is 1. The third kappa shape index (κ3) is 3.85. The van der Waals surface area contributed by atoms with Crippen LogP contribution in [0.5, 0.6) is 0 Å². The Bertz CT molecular complexity index is 911. The lowest BCUT2D eigenvalue weighted by molar-refractivity contribution is -0.124. The molecule has 1 heterocycles. The van der Waals surface area contributed by atoms with Gasteiger partial charge in [-0.25, -0.2) is 4.79 Å². The highest BCUT2D eigenvalue weighted by Crippen LogP contribution is 2.23. The first-order valence-corrected chi connectivity index (χ1v) is 7.92. The van der Waals surface area contributed by atoms with E-state index in [9.17, 15) is 9.59 Å². The van der Waals surface area contributed by atoms with Crippen molar-refractivity contribution in [3.05, 3.63) is 65.5 Å². The van der Waals surface area contributed by atoms with Crippen LogP contribution >= 0.6 is 0 Å². The van der Waals surface area contributed by atoms with Crippen LogP contribution in [0.3, 0.4) is 0 Å². The highest BCUT2D eigenvalue weighted by Gasteiger charge is 2.17. The third-order valence-electron chi connectivity index (χ3n) is 3.83. The Labute approximate surface area is 144 Å². The van der Waals surface area contributed by atoms with Crippen molar-refractivity contribution in [1.82, 2.24) is 10.5 Å². The van der Waals surface area contributed by atoms with Crippen molar-refractivity contribution in [1.29, 1.82) is 0 Å². The molecule has 0 unspecified atom stereocenters.